The van der Waals surface area contributed by atoms with Crippen LogP contribution in [0.25, 0.3) is 16.6 Å². The van der Waals surface area contributed by atoms with Gasteiger partial charge in [0.1, 0.15) is 17.6 Å². The van der Waals surface area contributed by atoms with Gasteiger partial charge in [0.15, 0.2) is 0 Å². The monoisotopic (exact) mass is 406 g/mol. The number of piperidine rings is 1. The molecule has 0 unspecified atom stereocenters. The lowest BCUT2D eigenvalue weighted by molar-refractivity contribution is 0.337. The number of likely N-dealkylation sites (N-methyl/N-ethyl adjacent to an activating group) is 1. The largest absolute Gasteiger partial charge is 0.492 e. The smallest absolute Gasteiger partial charge is 0.138 e. The Morgan fingerprint density at radius 3 is 2.83 bits per heavy atom. The summed E-state index contributed by atoms with van der Waals surface area (Å²) in [4.78, 5) is 7.07. The van der Waals surface area contributed by atoms with Crippen LogP contribution in [0, 0.1) is 17.2 Å². The molecule has 4 rings (SSSR count). The summed E-state index contributed by atoms with van der Waals surface area (Å²) in [6, 6.07) is 8.78. The quantitative estimate of drug-likeness (QED) is 0.695. The van der Waals surface area contributed by atoms with Gasteiger partial charge in [-0.15, -0.1) is 0 Å². The van der Waals surface area contributed by atoms with E-state index in [2.05, 4.69) is 40.4 Å². The third-order valence-electron chi connectivity index (χ3n) is 5.73. The van der Waals surface area contributed by atoms with E-state index in [1.54, 1.807) is 16.9 Å². The van der Waals surface area contributed by atoms with Crippen molar-refractivity contribution in [3.05, 3.63) is 42.4 Å². The first kappa shape index (κ1) is 21.6. The molecule has 1 aliphatic heterocycles. The van der Waals surface area contributed by atoms with Crippen LogP contribution in [0.2, 0.25) is 0 Å². The van der Waals surface area contributed by atoms with Gasteiger partial charge in [-0.05, 0) is 44.5 Å². The number of aromatic nitrogens is 3. The van der Waals surface area contributed by atoms with Gasteiger partial charge in [-0.2, -0.15) is 10.4 Å². The normalized spacial score (nSPS) is 18.7. The number of pyridine rings is 2. The average molecular weight is 407 g/mol. The van der Waals surface area contributed by atoms with Crippen LogP contribution in [0.15, 0.2) is 36.8 Å². The number of hydrogen-bond acceptors (Lipinski definition) is 6. The van der Waals surface area contributed by atoms with Gasteiger partial charge in [-0.1, -0.05) is 14.4 Å². The highest BCUT2D eigenvalue weighted by Crippen LogP contribution is 2.31. The molecule has 0 radical (unpaired) electrons. The molecule has 30 heavy (non-hydrogen) atoms. The molecular weight excluding hydrogens is 376 g/mol. The lowest BCUT2D eigenvalue weighted by atomic mass is 9.93. The second-order valence-corrected chi connectivity index (χ2v) is 7.50. The van der Waals surface area contributed by atoms with Gasteiger partial charge >= 0.3 is 0 Å². The van der Waals surface area contributed by atoms with Crippen LogP contribution in [-0.2, 0) is 0 Å². The van der Waals surface area contributed by atoms with Crippen molar-refractivity contribution in [2.24, 2.45) is 5.92 Å². The second-order valence-electron chi connectivity index (χ2n) is 7.50. The van der Waals surface area contributed by atoms with Crippen molar-refractivity contribution in [1.82, 2.24) is 19.9 Å². The van der Waals surface area contributed by atoms with E-state index in [0.29, 0.717) is 29.9 Å². The summed E-state index contributed by atoms with van der Waals surface area (Å²) in [5.41, 5.74) is 3.14. The molecule has 0 amide bonds. The SMILES string of the molecule is C.CCOc1cc(-c2ccc(N3CC[C@@H](C)[C@@H](NC)C3)nc2)c2c(C#N)cnn2c1. The number of ether oxygens (including phenoxy) is 1. The van der Waals surface area contributed by atoms with E-state index in [-0.39, 0.29) is 7.43 Å². The Labute approximate surface area is 178 Å². The average Bonchev–Trinajstić information content (AvgIpc) is 3.17. The fourth-order valence-corrected chi connectivity index (χ4v) is 4.03. The van der Waals surface area contributed by atoms with Crippen molar-refractivity contribution in [1.29, 1.82) is 5.26 Å². The number of rotatable bonds is 5. The number of anilines is 1. The number of nitrogens with one attached hydrogen (secondary N) is 1. The zero-order chi connectivity index (χ0) is 20.4. The summed E-state index contributed by atoms with van der Waals surface area (Å²) in [5.74, 6) is 2.36. The van der Waals surface area contributed by atoms with E-state index in [0.717, 1.165) is 42.0 Å². The molecule has 0 aliphatic carbocycles. The maximum absolute atomic E-state index is 9.49. The molecular formula is C23H30N6O. The molecule has 1 saturated heterocycles. The standard InChI is InChI=1S/C22H26N6O.CH4/c1-4-29-18-9-19(22-17(10-23)12-26-28(22)13-18)16-5-6-21(25-11-16)27-8-7-15(2)20(14-27)24-3;/h5-6,9,11-13,15,20,24H,4,7-8,14H2,1-3H3;1H4/t15-,20+;/m1./s1. The molecule has 4 heterocycles. The minimum absolute atomic E-state index is 0. The summed E-state index contributed by atoms with van der Waals surface area (Å²) in [5, 5.41) is 17.2. The van der Waals surface area contributed by atoms with Gasteiger partial charge in [-0.3, -0.25) is 0 Å². The topological polar surface area (TPSA) is 78.5 Å². The van der Waals surface area contributed by atoms with E-state index in [1.165, 1.54) is 0 Å². The van der Waals surface area contributed by atoms with E-state index in [1.807, 2.05) is 26.2 Å². The molecule has 1 N–H and O–H groups in total. The molecule has 3 aromatic heterocycles. The number of hydrogen-bond donors (Lipinski definition) is 1. The van der Waals surface area contributed by atoms with Gasteiger partial charge < -0.3 is 15.0 Å². The van der Waals surface area contributed by atoms with Crippen LogP contribution >= 0.6 is 0 Å². The van der Waals surface area contributed by atoms with Crippen molar-refractivity contribution in [2.75, 3.05) is 31.6 Å². The van der Waals surface area contributed by atoms with Crippen LogP contribution < -0.4 is 15.0 Å². The molecule has 1 fully saturated rings. The Bertz CT molecular complexity index is 1040. The number of fused-ring (bicyclic) bond motifs is 1. The third-order valence-corrected chi connectivity index (χ3v) is 5.73. The first-order valence-electron chi connectivity index (χ1n) is 10.1. The van der Waals surface area contributed by atoms with Crippen molar-refractivity contribution in [3.63, 3.8) is 0 Å². The van der Waals surface area contributed by atoms with Crippen LogP contribution in [0.5, 0.6) is 5.75 Å². The van der Waals surface area contributed by atoms with Gasteiger partial charge in [0, 0.05) is 36.5 Å². The minimum Gasteiger partial charge on any atom is -0.492 e. The summed E-state index contributed by atoms with van der Waals surface area (Å²) < 4.78 is 7.40. The molecule has 7 heteroatoms. The van der Waals surface area contributed by atoms with Gasteiger partial charge in [0.05, 0.1) is 30.1 Å². The van der Waals surface area contributed by atoms with Crippen LogP contribution in [0.1, 0.15) is 33.3 Å². The Hall–Kier alpha value is -3.11. The van der Waals surface area contributed by atoms with Crippen molar-refractivity contribution >= 4 is 11.3 Å². The molecule has 0 bridgehead atoms. The summed E-state index contributed by atoms with van der Waals surface area (Å²) in [6.07, 6.45) is 6.41. The molecule has 1 aliphatic rings. The lowest BCUT2D eigenvalue weighted by Crippen LogP contribution is -2.49. The predicted octanol–water partition coefficient (Wildman–Crippen LogP) is 3.74. The van der Waals surface area contributed by atoms with E-state index >= 15 is 0 Å². The van der Waals surface area contributed by atoms with Gasteiger partial charge in [-0.25, -0.2) is 9.50 Å². The summed E-state index contributed by atoms with van der Waals surface area (Å²) >= 11 is 0. The molecule has 0 saturated carbocycles. The Kier molecular flexibility index (Phi) is 6.58. The second kappa shape index (κ2) is 9.14. The highest BCUT2D eigenvalue weighted by atomic mass is 16.5. The number of nitrogens with zero attached hydrogens (tertiary/aromatic N) is 5. The maximum Gasteiger partial charge on any atom is 0.138 e. The number of nitriles is 1. The van der Waals surface area contributed by atoms with E-state index in [9.17, 15) is 5.26 Å². The van der Waals surface area contributed by atoms with Crippen LogP contribution in [0.4, 0.5) is 5.82 Å². The molecule has 2 atom stereocenters. The molecule has 0 spiro atoms. The summed E-state index contributed by atoms with van der Waals surface area (Å²) in [7, 11) is 2.02. The molecule has 3 aromatic rings. The Morgan fingerprint density at radius 1 is 1.33 bits per heavy atom. The highest BCUT2D eigenvalue weighted by Gasteiger charge is 2.25. The zero-order valence-corrected chi connectivity index (χ0v) is 17.1. The Balaban J connectivity index is 0.00000256. The van der Waals surface area contributed by atoms with E-state index in [4.69, 9.17) is 9.72 Å². The lowest BCUT2D eigenvalue weighted by Gasteiger charge is -2.37. The summed E-state index contributed by atoms with van der Waals surface area (Å²) in [6.45, 7) is 6.77. The van der Waals surface area contributed by atoms with Crippen LogP contribution in [-0.4, -0.2) is 47.4 Å². The van der Waals surface area contributed by atoms with Gasteiger partial charge in [0.25, 0.3) is 0 Å². The highest BCUT2D eigenvalue weighted by molar-refractivity contribution is 5.85. The molecule has 0 aromatic carbocycles. The van der Waals surface area contributed by atoms with Crippen molar-refractivity contribution < 1.29 is 4.74 Å². The molecule has 158 valence electrons. The van der Waals surface area contributed by atoms with Crippen LogP contribution in [0.3, 0.4) is 0 Å². The zero-order valence-electron chi connectivity index (χ0n) is 17.1. The minimum atomic E-state index is 0. The van der Waals surface area contributed by atoms with Gasteiger partial charge in [0.2, 0.25) is 0 Å². The fourth-order valence-electron chi connectivity index (χ4n) is 4.03. The first-order valence-corrected chi connectivity index (χ1v) is 10.1. The predicted molar refractivity (Wildman–Crippen MR) is 120 cm³/mol. The van der Waals surface area contributed by atoms with E-state index < -0.39 is 0 Å². The van der Waals surface area contributed by atoms with Crippen molar-refractivity contribution in [2.45, 2.75) is 33.7 Å². The van der Waals surface area contributed by atoms with Crippen molar-refractivity contribution in [3.8, 4) is 22.9 Å². The first-order chi connectivity index (χ1) is 14.1. The fraction of sp³-hybridized carbons (Fsp3) is 0.435. The third kappa shape index (κ3) is 3.96. The Morgan fingerprint density at radius 2 is 2.17 bits per heavy atom. The molecule has 7 nitrogen and oxygen atoms in total. The maximum atomic E-state index is 9.49.